The van der Waals surface area contributed by atoms with Crippen molar-refractivity contribution >= 4 is 45.0 Å². The Bertz CT molecular complexity index is 370. The molecule has 0 saturated heterocycles. The molecule has 1 atom stereocenters. The van der Waals surface area contributed by atoms with E-state index in [4.69, 9.17) is 23.2 Å². The molecule has 0 spiro atoms. The monoisotopic (exact) mass is 309 g/mol. The summed E-state index contributed by atoms with van der Waals surface area (Å²) in [6.45, 7) is 2.40. The summed E-state index contributed by atoms with van der Waals surface area (Å²) in [5, 5.41) is 2.49. The summed E-state index contributed by atoms with van der Waals surface area (Å²) < 4.78 is 0.776. The van der Waals surface area contributed by atoms with Gasteiger partial charge in [-0.2, -0.15) is 0 Å². The average molecular weight is 311 g/mol. The van der Waals surface area contributed by atoms with Crippen molar-refractivity contribution < 1.29 is 4.79 Å². The van der Waals surface area contributed by atoms with Gasteiger partial charge in [-0.25, -0.2) is 0 Å². The van der Waals surface area contributed by atoms with Crippen LogP contribution in [-0.4, -0.2) is 12.5 Å². The van der Waals surface area contributed by atoms with Crippen LogP contribution in [0.15, 0.2) is 22.7 Å². The van der Waals surface area contributed by atoms with Crippen molar-refractivity contribution in [2.75, 3.05) is 6.54 Å². The van der Waals surface area contributed by atoms with Crippen LogP contribution < -0.4 is 5.32 Å². The van der Waals surface area contributed by atoms with Crippen molar-refractivity contribution in [2.24, 2.45) is 0 Å². The van der Waals surface area contributed by atoms with Crippen LogP contribution in [0.5, 0.6) is 0 Å². The van der Waals surface area contributed by atoms with Crippen LogP contribution in [0.2, 0.25) is 5.02 Å². The summed E-state index contributed by atoms with van der Waals surface area (Å²) in [6.07, 6.45) is 0. The minimum absolute atomic E-state index is 0.220. The lowest BCUT2D eigenvalue weighted by Gasteiger charge is -2.11. The number of alkyl halides is 1. The van der Waals surface area contributed by atoms with Crippen molar-refractivity contribution in [3.05, 3.63) is 33.3 Å². The van der Waals surface area contributed by atoms with E-state index in [0.29, 0.717) is 17.1 Å². The van der Waals surface area contributed by atoms with Crippen molar-refractivity contribution in [3.8, 4) is 0 Å². The molecule has 1 aromatic carbocycles. The van der Waals surface area contributed by atoms with Gasteiger partial charge in [-0.05, 0) is 30.7 Å². The lowest BCUT2D eigenvalue weighted by Crippen LogP contribution is -2.26. The number of amides is 1. The molecule has 15 heavy (non-hydrogen) atoms. The largest absolute Gasteiger partial charge is 0.355 e. The highest BCUT2D eigenvalue weighted by Crippen LogP contribution is 2.30. The predicted molar refractivity (Wildman–Crippen MR) is 66.4 cm³/mol. The fourth-order valence-electron chi connectivity index (χ4n) is 1.11. The van der Waals surface area contributed by atoms with Gasteiger partial charge in [0.25, 0.3) is 0 Å². The summed E-state index contributed by atoms with van der Waals surface area (Å²) in [7, 11) is 0. The Labute approximate surface area is 107 Å². The van der Waals surface area contributed by atoms with Crippen LogP contribution in [0, 0.1) is 0 Å². The molecule has 1 rings (SSSR count). The Morgan fingerprint density at radius 1 is 1.60 bits per heavy atom. The zero-order chi connectivity index (χ0) is 11.4. The number of carbonyl (C=O) groups is 1. The maximum Gasteiger partial charge on any atom is 0.242 e. The van der Waals surface area contributed by atoms with E-state index in [2.05, 4.69) is 21.2 Å². The molecule has 1 unspecified atom stereocenters. The Morgan fingerprint density at radius 2 is 2.27 bits per heavy atom. The van der Waals surface area contributed by atoms with Gasteiger partial charge in [0.15, 0.2) is 0 Å². The van der Waals surface area contributed by atoms with E-state index < -0.39 is 5.38 Å². The van der Waals surface area contributed by atoms with Crippen molar-refractivity contribution in [2.45, 2.75) is 12.3 Å². The number of rotatable bonds is 3. The third kappa shape index (κ3) is 3.37. The number of carbonyl (C=O) groups excluding carboxylic acids is 1. The number of hydrogen-bond donors (Lipinski definition) is 1. The minimum atomic E-state index is -0.724. The molecule has 0 fully saturated rings. The smallest absolute Gasteiger partial charge is 0.242 e. The summed E-state index contributed by atoms with van der Waals surface area (Å²) >= 11 is 15.2. The SMILES string of the molecule is CCNC(=O)C(Cl)c1cc(Cl)ccc1Br. The van der Waals surface area contributed by atoms with E-state index in [-0.39, 0.29) is 5.91 Å². The topological polar surface area (TPSA) is 29.1 Å². The van der Waals surface area contributed by atoms with Crippen LogP contribution in [0.1, 0.15) is 17.9 Å². The molecule has 0 saturated carbocycles. The summed E-state index contributed by atoms with van der Waals surface area (Å²) in [5.41, 5.74) is 0.676. The van der Waals surface area contributed by atoms with E-state index in [1.165, 1.54) is 0 Å². The fourth-order valence-corrected chi connectivity index (χ4v) is 2.16. The lowest BCUT2D eigenvalue weighted by molar-refractivity contribution is -0.120. The molecule has 0 aromatic heterocycles. The maximum absolute atomic E-state index is 11.5. The quantitative estimate of drug-likeness (QED) is 0.850. The third-order valence-corrected chi connectivity index (χ3v) is 3.20. The molecule has 0 bridgehead atoms. The molecule has 1 amide bonds. The van der Waals surface area contributed by atoms with Gasteiger partial charge in [0, 0.05) is 16.0 Å². The summed E-state index contributed by atoms with van der Waals surface area (Å²) in [4.78, 5) is 11.5. The number of benzene rings is 1. The normalized spacial score (nSPS) is 12.3. The molecular weight excluding hydrogens is 301 g/mol. The fraction of sp³-hybridized carbons (Fsp3) is 0.300. The Balaban J connectivity index is 2.94. The molecule has 0 radical (unpaired) electrons. The Kier molecular flexibility index (Phi) is 4.90. The van der Waals surface area contributed by atoms with Gasteiger partial charge in [0.2, 0.25) is 5.91 Å². The lowest BCUT2D eigenvalue weighted by atomic mass is 10.1. The van der Waals surface area contributed by atoms with Crippen molar-refractivity contribution in [1.82, 2.24) is 5.32 Å². The molecule has 0 aliphatic heterocycles. The maximum atomic E-state index is 11.5. The van der Waals surface area contributed by atoms with Crippen LogP contribution >= 0.6 is 39.1 Å². The van der Waals surface area contributed by atoms with Gasteiger partial charge in [-0.15, -0.1) is 11.6 Å². The van der Waals surface area contributed by atoms with Crippen LogP contribution in [0.4, 0.5) is 0 Å². The van der Waals surface area contributed by atoms with Crippen LogP contribution in [-0.2, 0) is 4.79 Å². The summed E-state index contributed by atoms with van der Waals surface area (Å²) in [6, 6.07) is 5.18. The number of likely N-dealkylation sites (N-methyl/N-ethyl adjacent to an activating group) is 1. The molecule has 1 N–H and O–H groups in total. The zero-order valence-corrected chi connectivity index (χ0v) is 11.2. The molecular formula is C10H10BrCl2NO. The number of halogens is 3. The van der Waals surface area contributed by atoms with Gasteiger partial charge in [-0.1, -0.05) is 27.5 Å². The first-order chi connectivity index (χ1) is 7.06. The van der Waals surface area contributed by atoms with E-state index in [9.17, 15) is 4.79 Å². The van der Waals surface area contributed by atoms with Crippen molar-refractivity contribution in [3.63, 3.8) is 0 Å². The van der Waals surface area contributed by atoms with Crippen molar-refractivity contribution in [1.29, 1.82) is 0 Å². The predicted octanol–water partition coefficient (Wildman–Crippen LogP) is 3.52. The first-order valence-corrected chi connectivity index (χ1v) is 6.03. The number of hydrogen-bond acceptors (Lipinski definition) is 1. The second-order valence-electron chi connectivity index (χ2n) is 2.92. The minimum Gasteiger partial charge on any atom is -0.355 e. The molecule has 0 heterocycles. The molecule has 1 aromatic rings. The van der Waals surface area contributed by atoms with Gasteiger partial charge in [0.05, 0.1) is 0 Å². The summed E-state index contributed by atoms with van der Waals surface area (Å²) in [5.74, 6) is -0.220. The zero-order valence-electron chi connectivity index (χ0n) is 8.06. The van der Waals surface area contributed by atoms with E-state index in [1.54, 1.807) is 18.2 Å². The Morgan fingerprint density at radius 3 is 2.87 bits per heavy atom. The molecule has 5 heteroatoms. The number of nitrogens with one attached hydrogen (secondary N) is 1. The second kappa shape index (κ2) is 5.73. The first-order valence-electron chi connectivity index (χ1n) is 4.43. The van der Waals surface area contributed by atoms with Crippen LogP contribution in [0.25, 0.3) is 0 Å². The van der Waals surface area contributed by atoms with Gasteiger partial charge >= 0.3 is 0 Å². The Hall–Kier alpha value is -0.250. The third-order valence-electron chi connectivity index (χ3n) is 1.81. The van der Waals surface area contributed by atoms with E-state index in [0.717, 1.165) is 4.47 Å². The second-order valence-corrected chi connectivity index (χ2v) is 4.65. The average Bonchev–Trinajstić information content (AvgIpc) is 2.21. The molecule has 82 valence electrons. The molecule has 2 nitrogen and oxygen atoms in total. The highest BCUT2D eigenvalue weighted by Gasteiger charge is 2.19. The standard InChI is InChI=1S/C10H10BrCl2NO/c1-2-14-10(15)9(13)7-5-6(12)3-4-8(7)11/h3-5,9H,2H2,1H3,(H,14,15). The van der Waals surface area contributed by atoms with Gasteiger partial charge < -0.3 is 5.32 Å². The van der Waals surface area contributed by atoms with Gasteiger partial charge in [-0.3, -0.25) is 4.79 Å². The van der Waals surface area contributed by atoms with Crippen LogP contribution in [0.3, 0.4) is 0 Å². The molecule has 0 aliphatic carbocycles. The first kappa shape index (κ1) is 12.8. The highest BCUT2D eigenvalue weighted by atomic mass is 79.9. The van der Waals surface area contributed by atoms with E-state index in [1.807, 2.05) is 6.92 Å². The highest BCUT2D eigenvalue weighted by molar-refractivity contribution is 9.10. The molecule has 0 aliphatic rings. The van der Waals surface area contributed by atoms with E-state index >= 15 is 0 Å². The van der Waals surface area contributed by atoms with Gasteiger partial charge in [0.1, 0.15) is 5.38 Å².